The molecule has 1 heterocycles. The first kappa shape index (κ1) is 22.4. The van der Waals surface area contributed by atoms with Crippen LogP contribution in [0.25, 0.3) is 0 Å². The van der Waals surface area contributed by atoms with Gasteiger partial charge in [-0.15, -0.1) is 6.58 Å². The maximum Gasteiger partial charge on any atom is 0.310 e. The lowest BCUT2D eigenvalue weighted by atomic mass is 10.0. The van der Waals surface area contributed by atoms with E-state index in [1.54, 1.807) is 7.11 Å². The number of methoxy groups -OCH3 is 1. The van der Waals surface area contributed by atoms with Crippen molar-refractivity contribution in [1.29, 1.82) is 0 Å². The van der Waals surface area contributed by atoms with Gasteiger partial charge in [-0.2, -0.15) is 0 Å². The fourth-order valence-corrected chi connectivity index (χ4v) is 3.16. The molecule has 0 atom stereocenters. The number of hydrogen-bond acceptors (Lipinski definition) is 5. The van der Waals surface area contributed by atoms with Crippen LogP contribution in [0.1, 0.15) is 56.1 Å². The van der Waals surface area contributed by atoms with Crippen molar-refractivity contribution in [2.24, 2.45) is 0 Å². The summed E-state index contributed by atoms with van der Waals surface area (Å²) in [4.78, 5) is 34.5. The van der Waals surface area contributed by atoms with Crippen molar-refractivity contribution in [3.05, 3.63) is 53.6 Å². The highest BCUT2D eigenvalue weighted by Gasteiger charge is 2.23. The van der Waals surface area contributed by atoms with Crippen molar-refractivity contribution in [2.75, 3.05) is 7.11 Å². The van der Waals surface area contributed by atoms with E-state index in [-0.39, 0.29) is 18.6 Å². The van der Waals surface area contributed by atoms with E-state index in [1.807, 2.05) is 24.3 Å². The fraction of sp³-hybridized carbons (Fsp3) is 0.435. The molecule has 0 bridgehead atoms. The van der Waals surface area contributed by atoms with Crippen LogP contribution in [0.2, 0.25) is 0 Å². The number of ether oxygens (including phenoxy) is 2. The van der Waals surface area contributed by atoms with Gasteiger partial charge in [0.25, 0.3) is 11.8 Å². The lowest BCUT2D eigenvalue weighted by molar-refractivity contribution is -0.144. The predicted octanol–water partition coefficient (Wildman–Crippen LogP) is 3.78. The Kier molecular flexibility index (Phi) is 9.15. The van der Waals surface area contributed by atoms with Gasteiger partial charge in [0.05, 0.1) is 13.5 Å². The number of esters is 1. The van der Waals surface area contributed by atoms with Crippen molar-refractivity contribution in [3.63, 3.8) is 0 Å². The average Bonchev–Trinajstić information content (AvgIpc) is 3.02. The Hall–Kier alpha value is -2.89. The Morgan fingerprint density at radius 2 is 1.90 bits per heavy atom. The van der Waals surface area contributed by atoms with Crippen LogP contribution in [0, 0.1) is 0 Å². The van der Waals surface area contributed by atoms with Crippen LogP contribution >= 0.6 is 0 Å². The first-order valence-corrected chi connectivity index (χ1v) is 10.0. The number of benzene rings is 1. The quantitative estimate of drug-likeness (QED) is 0.236. The van der Waals surface area contributed by atoms with Gasteiger partial charge >= 0.3 is 5.97 Å². The lowest BCUT2D eigenvalue weighted by Crippen LogP contribution is -2.23. The number of rotatable bonds is 13. The molecular formula is C23H29NO5. The molecule has 2 amide bonds. The highest BCUT2D eigenvalue weighted by Crippen LogP contribution is 2.23. The minimum Gasteiger partial charge on any atom is -0.496 e. The van der Waals surface area contributed by atoms with E-state index >= 15 is 0 Å². The van der Waals surface area contributed by atoms with Gasteiger partial charge < -0.3 is 9.47 Å². The van der Waals surface area contributed by atoms with Gasteiger partial charge in [0.15, 0.2) is 0 Å². The summed E-state index contributed by atoms with van der Waals surface area (Å²) in [7, 11) is 1.59. The van der Waals surface area contributed by atoms with Crippen molar-refractivity contribution in [2.45, 2.75) is 58.0 Å². The number of nitrogens with one attached hydrogen (secondary N) is 1. The Morgan fingerprint density at radius 3 is 2.59 bits per heavy atom. The summed E-state index contributed by atoms with van der Waals surface area (Å²) in [5.41, 5.74) is 2.07. The molecule has 1 aromatic carbocycles. The molecule has 1 aliphatic rings. The van der Waals surface area contributed by atoms with E-state index in [4.69, 9.17) is 9.47 Å². The third-order valence-corrected chi connectivity index (χ3v) is 4.78. The molecule has 0 fully saturated rings. The maximum atomic E-state index is 12.0. The van der Waals surface area contributed by atoms with Crippen LogP contribution in [-0.2, 0) is 32.1 Å². The largest absolute Gasteiger partial charge is 0.496 e. The number of allylic oxidation sites excluding steroid dienone is 1. The summed E-state index contributed by atoms with van der Waals surface area (Å²) in [6.07, 6.45) is 10.9. The van der Waals surface area contributed by atoms with E-state index < -0.39 is 17.8 Å². The number of aryl methyl sites for hydroxylation is 1. The molecule has 0 aliphatic carbocycles. The molecule has 1 N–H and O–H groups in total. The van der Waals surface area contributed by atoms with E-state index in [0.717, 1.165) is 30.9 Å². The smallest absolute Gasteiger partial charge is 0.310 e. The molecule has 1 aromatic rings. The first-order chi connectivity index (χ1) is 14.0. The minimum atomic E-state index is -0.566. The van der Waals surface area contributed by atoms with Gasteiger partial charge in [-0.3, -0.25) is 19.7 Å². The summed E-state index contributed by atoms with van der Waals surface area (Å²) in [6.45, 7) is 3.79. The molecule has 2 rings (SSSR count). The molecular weight excluding hydrogens is 370 g/mol. The molecule has 156 valence electrons. The summed E-state index contributed by atoms with van der Waals surface area (Å²) in [6, 6.07) is 5.90. The number of imide groups is 1. The van der Waals surface area contributed by atoms with Crippen molar-refractivity contribution < 1.29 is 23.9 Å². The molecule has 1 aliphatic heterocycles. The first-order valence-electron chi connectivity index (χ1n) is 10.0. The van der Waals surface area contributed by atoms with Gasteiger partial charge in [0.2, 0.25) is 0 Å². The highest BCUT2D eigenvalue weighted by atomic mass is 16.5. The summed E-state index contributed by atoms with van der Waals surface area (Å²) in [5, 5.41) is 2.10. The van der Waals surface area contributed by atoms with Crippen LogP contribution in [0.4, 0.5) is 0 Å². The third kappa shape index (κ3) is 7.56. The number of hydrogen-bond donors (Lipinski definition) is 1. The van der Waals surface area contributed by atoms with Crippen LogP contribution in [0.15, 0.2) is 42.5 Å². The minimum absolute atomic E-state index is 0.0500. The highest BCUT2D eigenvalue weighted by molar-refractivity contribution is 6.17. The van der Waals surface area contributed by atoms with Crippen LogP contribution in [0.3, 0.4) is 0 Å². The Labute approximate surface area is 172 Å². The zero-order chi connectivity index (χ0) is 21.1. The van der Waals surface area contributed by atoms with Gasteiger partial charge in [-0.05, 0) is 37.3 Å². The van der Waals surface area contributed by atoms with Gasteiger partial charge in [0.1, 0.15) is 12.4 Å². The molecule has 0 spiro atoms. The summed E-state index contributed by atoms with van der Waals surface area (Å²) < 4.78 is 10.7. The van der Waals surface area contributed by atoms with Crippen LogP contribution in [-0.4, -0.2) is 24.9 Å². The zero-order valence-corrected chi connectivity index (χ0v) is 17.0. The fourth-order valence-electron chi connectivity index (χ4n) is 3.16. The third-order valence-electron chi connectivity index (χ3n) is 4.78. The zero-order valence-electron chi connectivity index (χ0n) is 17.0. The molecule has 6 nitrogen and oxygen atoms in total. The SMILES string of the molecule is C=CCCCCCCCc1ccc(COC(=O)CC2=CC(=O)NC2=O)c(OC)c1. The number of carbonyl (C=O) groups excluding carboxylic acids is 3. The second kappa shape index (κ2) is 11.8. The van der Waals surface area contributed by atoms with Gasteiger partial charge in [-0.1, -0.05) is 37.5 Å². The monoisotopic (exact) mass is 399 g/mol. The van der Waals surface area contributed by atoms with Crippen molar-refractivity contribution in [3.8, 4) is 5.75 Å². The molecule has 0 unspecified atom stereocenters. The Balaban J connectivity index is 1.78. The normalized spacial score (nSPS) is 13.1. The molecule has 0 saturated heterocycles. The Morgan fingerprint density at radius 1 is 1.14 bits per heavy atom. The van der Waals surface area contributed by atoms with E-state index in [9.17, 15) is 14.4 Å². The molecule has 0 radical (unpaired) electrons. The maximum absolute atomic E-state index is 12.0. The van der Waals surface area contributed by atoms with E-state index in [0.29, 0.717) is 5.75 Å². The van der Waals surface area contributed by atoms with Crippen LogP contribution in [0.5, 0.6) is 5.75 Å². The number of carbonyl (C=O) groups is 3. The van der Waals surface area contributed by atoms with E-state index in [1.165, 1.54) is 31.2 Å². The van der Waals surface area contributed by atoms with Crippen molar-refractivity contribution >= 4 is 17.8 Å². The standard InChI is InChI=1S/C23H29NO5/c1-3-4-5-6-7-8-9-10-17-11-12-18(20(13-17)28-2)16-29-22(26)15-19-14-21(25)24-23(19)27/h3,11-14H,1,4-10,15-16H2,2H3,(H,24,25,27). The lowest BCUT2D eigenvalue weighted by Gasteiger charge is -2.11. The Bertz CT molecular complexity index is 781. The van der Waals surface area contributed by atoms with Crippen LogP contribution < -0.4 is 10.1 Å². The number of unbranched alkanes of at least 4 members (excludes halogenated alkanes) is 5. The van der Waals surface area contributed by atoms with Gasteiger partial charge in [-0.25, -0.2) is 0 Å². The van der Waals surface area contributed by atoms with E-state index in [2.05, 4.69) is 11.9 Å². The second-order valence-corrected chi connectivity index (χ2v) is 7.07. The summed E-state index contributed by atoms with van der Waals surface area (Å²) >= 11 is 0. The van der Waals surface area contributed by atoms with Gasteiger partial charge in [0, 0.05) is 17.2 Å². The average molecular weight is 399 g/mol. The summed E-state index contributed by atoms with van der Waals surface area (Å²) in [5.74, 6) is -0.945. The molecule has 0 aromatic heterocycles. The molecule has 0 saturated carbocycles. The van der Waals surface area contributed by atoms with Crippen molar-refractivity contribution in [1.82, 2.24) is 5.32 Å². The molecule has 6 heteroatoms. The molecule has 29 heavy (non-hydrogen) atoms. The second-order valence-electron chi connectivity index (χ2n) is 7.07. The predicted molar refractivity (Wildman–Crippen MR) is 110 cm³/mol. The number of amides is 2. The topological polar surface area (TPSA) is 81.7 Å².